The fourth-order valence-corrected chi connectivity index (χ4v) is 2.88. The van der Waals surface area contributed by atoms with Crippen molar-refractivity contribution in [2.45, 2.75) is 51.2 Å². The summed E-state index contributed by atoms with van der Waals surface area (Å²) in [5.74, 6) is 0.363. The maximum Gasteiger partial charge on any atom is 0.245 e. The first-order chi connectivity index (χ1) is 8.96. The van der Waals surface area contributed by atoms with E-state index in [-0.39, 0.29) is 30.0 Å². The van der Waals surface area contributed by atoms with Gasteiger partial charge in [-0.1, -0.05) is 13.8 Å². The molecule has 0 bridgehead atoms. The summed E-state index contributed by atoms with van der Waals surface area (Å²) in [4.78, 5) is 25.8. The van der Waals surface area contributed by atoms with Crippen LogP contribution in [0.3, 0.4) is 0 Å². The SMILES string of the molecule is COC1(CN2CC(=O)NC(CC(C)C)C2=O)CCC1. The Morgan fingerprint density at radius 1 is 1.42 bits per heavy atom. The van der Waals surface area contributed by atoms with E-state index >= 15 is 0 Å². The standard InChI is InChI=1S/C14H24N2O3/c1-10(2)7-11-13(18)16(8-12(17)15-11)9-14(19-3)5-4-6-14/h10-11H,4-9H2,1-3H3,(H,15,17). The lowest BCUT2D eigenvalue weighted by Gasteiger charge is -2.45. The third-order valence-electron chi connectivity index (χ3n) is 4.16. The molecule has 2 aliphatic rings. The Kier molecular flexibility index (Phi) is 4.13. The van der Waals surface area contributed by atoms with E-state index in [0.717, 1.165) is 19.3 Å². The van der Waals surface area contributed by atoms with Gasteiger partial charge in [0.25, 0.3) is 0 Å². The summed E-state index contributed by atoms with van der Waals surface area (Å²) >= 11 is 0. The number of amides is 2. The van der Waals surface area contributed by atoms with Crippen molar-refractivity contribution in [3.05, 3.63) is 0 Å². The lowest BCUT2D eigenvalue weighted by molar-refractivity contribution is -0.153. The van der Waals surface area contributed by atoms with Gasteiger partial charge in [-0.25, -0.2) is 0 Å². The van der Waals surface area contributed by atoms with Crippen molar-refractivity contribution >= 4 is 11.8 Å². The Bertz CT molecular complexity index is 358. The summed E-state index contributed by atoms with van der Waals surface area (Å²) in [7, 11) is 1.69. The molecule has 1 aliphatic carbocycles. The Hall–Kier alpha value is -1.10. The highest BCUT2D eigenvalue weighted by atomic mass is 16.5. The van der Waals surface area contributed by atoms with E-state index in [4.69, 9.17) is 4.74 Å². The number of piperazine rings is 1. The van der Waals surface area contributed by atoms with E-state index in [9.17, 15) is 9.59 Å². The molecule has 5 nitrogen and oxygen atoms in total. The molecule has 0 radical (unpaired) electrons. The van der Waals surface area contributed by atoms with E-state index in [1.807, 2.05) is 0 Å². The largest absolute Gasteiger partial charge is 0.376 e. The van der Waals surface area contributed by atoms with Gasteiger partial charge in [0.15, 0.2) is 0 Å². The van der Waals surface area contributed by atoms with Crippen LogP contribution in [0.4, 0.5) is 0 Å². The van der Waals surface area contributed by atoms with Gasteiger partial charge in [-0.15, -0.1) is 0 Å². The fraction of sp³-hybridized carbons (Fsp3) is 0.857. The maximum absolute atomic E-state index is 12.4. The average Bonchev–Trinajstić information content (AvgIpc) is 2.28. The van der Waals surface area contributed by atoms with Crippen molar-refractivity contribution in [1.29, 1.82) is 0 Å². The Morgan fingerprint density at radius 3 is 2.58 bits per heavy atom. The fourth-order valence-electron chi connectivity index (χ4n) is 2.88. The first-order valence-electron chi connectivity index (χ1n) is 7.09. The van der Waals surface area contributed by atoms with Gasteiger partial charge >= 0.3 is 0 Å². The molecule has 1 atom stereocenters. The van der Waals surface area contributed by atoms with Gasteiger partial charge in [-0.05, 0) is 31.6 Å². The predicted octanol–water partition coefficient (Wildman–Crippen LogP) is 0.929. The van der Waals surface area contributed by atoms with Crippen LogP contribution in [-0.2, 0) is 14.3 Å². The number of carbonyl (C=O) groups excluding carboxylic acids is 2. The third-order valence-corrected chi connectivity index (χ3v) is 4.16. The van der Waals surface area contributed by atoms with Gasteiger partial charge in [-0.3, -0.25) is 9.59 Å². The quantitative estimate of drug-likeness (QED) is 0.807. The zero-order valence-corrected chi connectivity index (χ0v) is 12.1. The lowest BCUT2D eigenvalue weighted by atomic mass is 9.79. The number of rotatable bonds is 5. The number of methoxy groups -OCH3 is 1. The lowest BCUT2D eigenvalue weighted by Crippen LogP contribution is -2.62. The second kappa shape index (κ2) is 5.49. The van der Waals surface area contributed by atoms with E-state index < -0.39 is 0 Å². The van der Waals surface area contributed by atoms with Crippen LogP contribution in [0.5, 0.6) is 0 Å². The minimum absolute atomic E-state index is 0.0385. The van der Waals surface area contributed by atoms with Crippen LogP contribution in [-0.4, -0.2) is 48.6 Å². The number of ether oxygens (including phenoxy) is 1. The van der Waals surface area contributed by atoms with Gasteiger partial charge in [-0.2, -0.15) is 0 Å². The van der Waals surface area contributed by atoms with Gasteiger partial charge in [0, 0.05) is 7.11 Å². The molecular weight excluding hydrogens is 244 g/mol. The van der Waals surface area contributed by atoms with Gasteiger partial charge in [0.2, 0.25) is 11.8 Å². The molecule has 0 aromatic carbocycles. The van der Waals surface area contributed by atoms with Crippen molar-refractivity contribution in [2.24, 2.45) is 5.92 Å². The van der Waals surface area contributed by atoms with Crippen molar-refractivity contribution < 1.29 is 14.3 Å². The van der Waals surface area contributed by atoms with Crippen LogP contribution in [0.2, 0.25) is 0 Å². The zero-order valence-electron chi connectivity index (χ0n) is 12.1. The number of nitrogens with one attached hydrogen (secondary N) is 1. The molecule has 1 N–H and O–H groups in total. The average molecular weight is 268 g/mol. The van der Waals surface area contributed by atoms with Crippen LogP contribution >= 0.6 is 0 Å². The van der Waals surface area contributed by atoms with Crippen molar-refractivity contribution in [3.8, 4) is 0 Å². The third kappa shape index (κ3) is 3.08. The van der Waals surface area contributed by atoms with Crippen molar-refractivity contribution in [1.82, 2.24) is 10.2 Å². The van der Waals surface area contributed by atoms with Crippen LogP contribution in [0.15, 0.2) is 0 Å². The molecule has 1 saturated heterocycles. The van der Waals surface area contributed by atoms with E-state index in [1.165, 1.54) is 0 Å². The Balaban J connectivity index is 2.02. The molecule has 2 rings (SSSR count). The smallest absolute Gasteiger partial charge is 0.245 e. The molecule has 2 amide bonds. The first kappa shape index (κ1) is 14.3. The summed E-state index contributed by atoms with van der Waals surface area (Å²) in [6.07, 6.45) is 3.78. The topological polar surface area (TPSA) is 58.6 Å². The van der Waals surface area contributed by atoms with Crippen molar-refractivity contribution in [2.75, 3.05) is 20.2 Å². The molecule has 5 heteroatoms. The molecule has 1 aliphatic heterocycles. The number of hydrogen-bond acceptors (Lipinski definition) is 3. The Labute approximate surface area is 114 Å². The monoisotopic (exact) mass is 268 g/mol. The Morgan fingerprint density at radius 2 is 2.11 bits per heavy atom. The summed E-state index contributed by atoms with van der Waals surface area (Å²) in [6, 6.07) is -0.366. The number of carbonyl (C=O) groups is 2. The summed E-state index contributed by atoms with van der Waals surface area (Å²) in [5.41, 5.74) is -0.213. The van der Waals surface area contributed by atoms with E-state index in [1.54, 1.807) is 12.0 Å². The second-order valence-corrected chi connectivity index (χ2v) is 6.18. The molecular formula is C14H24N2O3. The van der Waals surface area contributed by atoms with Crippen LogP contribution in [0.1, 0.15) is 39.5 Å². The minimum Gasteiger partial charge on any atom is -0.376 e. The second-order valence-electron chi connectivity index (χ2n) is 6.18. The highest BCUT2D eigenvalue weighted by molar-refractivity contribution is 5.94. The molecule has 108 valence electrons. The molecule has 19 heavy (non-hydrogen) atoms. The molecule has 1 unspecified atom stereocenters. The highest BCUT2D eigenvalue weighted by Crippen LogP contribution is 2.36. The molecule has 0 aromatic rings. The predicted molar refractivity (Wildman–Crippen MR) is 71.6 cm³/mol. The highest BCUT2D eigenvalue weighted by Gasteiger charge is 2.42. The van der Waals surface area contributed by atoms with Crippen molar-refractivity contribution in [3.63, 3.8) is 0 Å². The minimum atomic E-state index is -0.366. The van der Waals surface area contributed by atoms with Crippen LogP contribution in [0, 0.1) is 5.92 Å². The van der Waals surface area contributed by atoms with Crippen LogP contribution < -0.4 is 5.32 Å². The molecule has 0 spiro atoms. The zero-order chi connectivity index (χ0) is 14.0. The normalized spacial score (nSPS) is 26.3. The molecule has 2 fully saturated rings. The summed E-state index contributed by atoms with van der Waals surface area (Å²) in [5, 5.41) is 2.80. The van der Waals surface area contributed by atoms with E-state index in [0.29, 0.717) is 18.9 Å². The first-order valence-corrected chi connectivity index (χ1v) is 7.09. The summed E-state index contributed by atoms with van der Waals surface area (Å²) < 4.78 is 5.55. The van der Waals surface area contributed by atoms with Crippen LogP contribution in [0.25, 0.3) is 0 Å². The molecule has 1 heterocycles. The van der Waals surface area contributed by atoms with Gasteiger partial charge in [0.1, 0.15) is 6.04 Å². The summed E-state index contributed by atoms with van der Waals surface area (Å²) in [6.45, 7) is 4.82. The molecule has 1 saturated carbocycles. The number of hydrogen-bond donors (Lipinski definition) is 1. The van der Waals surface area contributed by atoms with E-state index in [2.05, 4.69) is 19.2 Å². The van der Waals surface area contributed by atoms with Gasteiger partial charge in [0.05, 0.1) is 18.7 Å². The maximum atomic E-state index is 12.4. The van der Waals surface area contributed by atoms with Gasteiger partial charge < -0.3 is 15.0 Å². The number of nitrogens with zero attached hydrogens (tertiary/aromatic N) is 1. The molecule has 0 aromatic heterocycles.